The lowest BCUT2D eigenvalue weighted by atomic mass is 10.0. The average Bonchev–Trinajstić information content (AvgIpc) is 2.99. The van der Waals surface area contributed by atoms with Gasteiger partial charge in [0, 0.05) is 31.8 Å². The summed E-state index contributed by atoms with van der Waals surface area (Å²) >= 11 is 0. The summed E-state index contributed by atoms with van der Waals surface area (Å²) in [7, 11) is 4.24. The van der Waals surface area contributed by atoms with E-state index in [4.69, 9.17) is 4.42 Å². The lowest BCUT2D eigenvalue weighted by Gasteiger charge is -2.27. The van der Waals surface area contributed by atoms with Crippen LogP contribution in [0.2, 0.25) is 0 Å². The van der Waals surface area contributed by atoms with Crippen LogP contribution >= 0.6 is 0 Å². The van der Waals surface area contributed by atoms with Gasteiger partial charge in [-0.25, -0.2) is 0 Å². The van der Waals surface area contributed by atoms with Crippen LogP contribution in [0.25, 0.3) is 22.1 Å². The standard InChI is InChI=1S/C23H28N2O/c1-17-21(16-25-13-7-4-8-14-25)22(24(2)3)23(26-17)20-12-11-18-9-5-6-10-19(18)15-20/h5-6,9-12,15H,4,7-8,13-14,16H2,1-3H3. The first kappa shape index (κ1) is 17.2. The lowest BCUT2D eigenvalue weighted by Crippen LogP contribution is -2.29. The van der Waals surface area contributed by atoms with Crippen LogP contribution in [0, 0.1) is 6.92 Å². The van der Waals surface area contributed by atoms with E-state index in [-0.39, 0.29) is 0 Å². The minimum Gasteiger partial charge on any atom is -0.459 e. The normalized spacial score (nSPS) is 15.5. The largest absolute Gasteiger partial charge is 0.459 e. The van der Waals surface area contributed by atoms with Gasteiger partial charge >= 0.3 is 0 Å². The number of aryl methyl sites for hydroxylation is 1. The second-order valence-electron chi connectivity index (χ2n) is 7.61. The molecule has 1 aromatic heterocycles. The van der Waals surface area contributed by atoms with E-state index in [9.17, 15) is 0 Å². The molecule has 0 spiro atoms. The molecular weight excluding hydrogens is 320 g/mol. The molecule has 0 bridgehead atoms. The molecule has 2 heterocycles. The molecule has 26 heavy (non-hydrogen) atoms. The number of hydrogen-bond acceptors (Lipinski definition) is 3. The van der Waals surface area contributed by atoms with E-state index in [0.717, 1.165) is 23.6 Å². The molecule has 1 aliphatic heterocycles. The van der Waals surface area contributed by atoms with Crippen molar-refractivity contribution in [3.8, 4) is 11.3 Å². The van der Waals surface area contributed by atoms with Crippen LogP contribution in [0.1, 0.15) is 30.6 Å². The molecule has 0 amide bonds. The molecule has 3 nitrogen and oxygen atoms in total. The van der Waals surface area contributed by atoms with Gasteiger partial charge in [0.1, 0.15) is 5.76 Å². The SMILES string of the molecule is Cc1oc(-c2ccc3ccccc3c2)c(N(C)C)c1CN1CCCCC1. The van der Waals surface area contributed by atoms with Gasteiger partial charge in [-0.05, 0) is 49.7 Å². The molecule has 1 saturated heterocycles. The van der Waals surface area contributed by atoms with Gasteiger partial charge in [-0.3, -0.25) is 4.90 Å². The van der Waals surface area contributed by atoms with Crippen LogP contribution in [-0.2, 0) is 6.54 Å². The molecule has 0 N–H and O–H groups in total. The summed E-state index contributed by atoms with van der Waals surface area (Å²) in [5.74, 6) is 2.03. The number of nitrogens with zero attached hydrogens (tertiary/aromatic N) is 2. The van der Waals surface area contributed by atoms with Crippen molar-refractivity contribution in [3.05, 3.63) is 53.8 Å². The molecule has 1 fully saturated rings. The fourth-order valence-electron chi connectivity index (χ4n) is 4.09. The van der Waals surface area contributed by atoms with Gasteiger partial charge in [0.25, 0.3) is 0 Å². The van der Waals surface area contributed by atoms with Crippen molar-refractivity contribution in [2.75, 3.05) is 32.1 Å². The molecular formula is C23H28N2O. The Kier molecular flexibility index (Phi) is 4.73. The van der Waals surface area contributed by atoms with Gasteiger partial charge in [-0.15, -0.1) is 0 Å². The molecule has 4 rings (SSSR count). The molecule has 0 atom stereocenters. The Labute approximate surface area is 156 Å². The highest BCUT2D eigenvalue weighted by atomic mass is 16.3. The number of hydrogen-bond donors (Lipinski definition) is 0. The Morgan fingerprint density at radius 1 is 0.962 bits per heavy atom. The fraction of sp³-hybridized carbons (Fsp3) is 0.391. The molecule has 0 aliphatic carbocycles. The lowest BCUT2D eigenvalue weighted by molar-refractivity contribution is 0.220. The second-order valence-corrected chi connectivity index (χ2v) is 7.61. The van der Waals surface area contributed by atoms with Gasteiger partial charge in [0.15, 0.2) is 5.76 Å². The minimum absolute atomic E-state index is 0.983. The predicted octanol–water partition coefficient (Wildman–Crippen LogP) is 5.46. The van der Waals surface area contributed by atoms with Crippen LogP contribution in [0.3, 0.4) is 0 Å². The van der Waals surface area contributed by atoms with Crippen molar-refractivity contribution >= 4 is 16.5 Å². The number of rotatable bonds is 4. The predicted molar refractivity (Wildman–Crippen MR) is 110 cm³/mol. The summed E-state index contributed by atoms with van der Waals surface area (Å²) in [5.41, 5.74) is 3.71. The number of piperidine rings is 1. The highest BCUT2D eigenvalue weighted by Crippen LogP contribution is 2.39. The smallest absolute Gasteiger partial charge is 0.157 e. The van der Waals surface area contributed by atoms with Crippen molar-refractivity contribution in [3.63, 3.8) is 0 Å². The third-order valence-electron chi connectivity index (χ3n) is 5.47. The molecule has 0 radical (unpaired) electrons. The van der Waals surface area contributed by atoms with E-state index in [1.165, 1.54) is 54.4 Å². The fourth-order valence-corrected chi connectivity index (χ4v) is 4.09. The number of benzene rings is 2. The Morgan fingerprint density at radius 2 is 1.69 bits per heavy atom. The van der Waals surface area contributed by atoms with Gasteiger partial charge in [-0.2, -0.15) is 0 Å². The third kappa shape index (κ3) is 3.24. The van der Waals surface area contributed by atoms with E-state index < -0.39 is 0 Å². The summed E-state index contributed by atoms with van der Waals surface area (Å²) in [4.78, 5) is 4.78. The van der Waals surface area contributed by atoms with Gasteiger partial charge < -0.3 is 9.32 Å². The summed E-state index contributed by atoms with van der Waals surface area (Å²) in [6, 6.07) is 15.1. The van der Waals surface area contributed by atoms with Crippen LogP contribution in [-0.4, -0.2) is 32.1 Å². The van der Waals surface area contributed by atoms with Crippen molar-refractivity contribution in [2.24, 2.45) is 0 Å². The number of fused-ring (bicyclic) bond motifs is 1. The molecule has 1 aliphatic rings. The average molecular weight is 348 g/mol. The summed E-state index contributed by atoms with van der Waals surface area (Å²) in [5, 5.41) is 2.51. The van der Waals surface area contributed by atoms with Crippen LogP contribution in [0.15, 0.2) is 46.9 Å². The third-order valence-corrected chi connectivity index (χ3v) is 5.47. The minimum atomic E-state index is 0.983. The van der Waals surface area contributed by atoms with Crippen LogP contribution in [0.5, 0.6) is 0 Å². The second kappa shape index (κ2) is 7.16. The maximum atomic E-state index is 6.32. The maximum absolute atomic E-state index is 6.32. The molecule has 0 saturated carbocycles. The van der Waals surface area contributed by atoms with Crippen molar-refractivity contribution in [2.45, 2.75) is 32.7 Å². The summed E-state index contributed by atoms with van der Waals surface area (Å²) in [6.45, 7) is 5.48. The maximum Gasteiger partial charge on any atom is 0.157 e. The Bertz CT molecular complexity index is 904. The summed E-state index contributed by atoms with van der Waals surface area (Å²) in [6.07, 6.45) is 3.99. The van der Waals surface area contributed by atoms with Gasteiger partial charge in [-0.1, -0.05) is 42.8 Å². The zero-order valence-electron chi connectivity index (χ0n) is 16.1. The highest BCUT2D eigenvalue weighted by Gasteiger charge is 2.23. The van der Waals surface area contributed by atoms with Crippen LogP contribution in [0.4, 0.5) is 5.69 Å². The molecule has 2 aromatic carbocycles. The van der Waals surface area contributed by atoms with E-state index in [2.05, 4.69) is 73.3 Å². The van der Waals surface area contributed by atoms with E-state index in [0.29, 0.717) is 0 Å². The van der Waals surface area contributed by atoms with Crippen LogP contribution < -0.4 is 4.90 Å². The highest BCUT2D eigenvalue weighted by molar-refractivity contribution is 5.89. The van der Waals surface area contributed by atoms with E-state index in [1.807, 2.05) is 0 Å². The van der Waals surface area contributed by atoms with E-state index in [1.54, 1.807) is 0 Å². The topological polar surface area (TPSA) is 19.6 Å². The zero-order valence-corrected chi connectivity index (χ0v) is 16.1. The van der Waals surface area contributed by atoms with Crippen molar-refractivity contribution in [1.29, 1.82) is 0 Å². The summed E-state index contributed by atoms with van der Waals surface area (Å²) < 4.78 is 6.32. The first-order chi connectivity index (χ1) is 12.6. The molecule has 136 valence electrons. The molecule has 3 aromatic rings. The zero-order chi connectivity index (χ0) is 18.1. The Balaban J connectivity index is 1.76. The first-order valence-corrected chi connectivity index (χ1v) is 9.64. The first-order valence-electron chi connectivity index (χ1n) is 9.64. The quantitative estimate of drug-likeness (QED) is 0.624. The Morgan fingerprint density at radius 3 is 2.42 bits per heavy atom. The van der Waals surface area contributed by atoms with E-state index >= 15 is 0 Å². The Hall–Kier alpha value is -2.26. The molecule has 3 heteroatoms. The van der Waals surface area contributed by atoms with Crippen molar-refractivity contribution in [1.82, 2.24) is 4.90 Å². The number of furan rings is 1. The monoisotopic (exact) mass is 348 g/mol. The van der Waals surface area contributed by atoms with Gasteiger partial charge in [0.05, 0.1) is 5.69 Å². The molecule has 0 unspecified atom stereocenters. The van der Waals surface area contributed by atoms with Crippen molar-refractivity contribution < 1.29 is 4.42 Å². The number of likely N-dealkylation sites (tertiary alicyclic amines) is 1. The van der Waals surface area contributed by atoms with Gasteiger partial charge in [0.2, 0.25) is 0 Å². The number of anilines is 1.